The largest absolute Gasteiger partial charge is 0.471 e. The monoisotopic (exact) mass is 474 g/mol. The van der Waals surface area contributed by atoms with Crippen molar-refractivity contribution in [2.24, 2.45) is 9.98 Å². The van der Waals surface area contributed by atoms with Gasteiger partial charge in [0.05, 0.1) is 6.42 Å². The number of nitrogens with zero attached hydrogens (tertiary/aromatic N) is 2. The molecule has 4 rings (SSSR count). The minimum absolute atomic E-state index is 0.0153. The van der Waals surface area contributed by atoms with Crippen molar-refractivity contribution in [3.8, 4) is 0 Å². The molecule has 0 N–H and O–H groups in total. The molecule has 2 aromatic rings. The molecule has 188 valence electrons. The average Bonchev–Trinajstić information content (AvgIpc) is 3.39. The first-order valence-corrected chi connectivity index (χ1v) is 13.7. The smallest absolute Gasteiger partial charge is 0.194 e. The number of benzene rings is 2. The van der Waals surface area contributed by atoms with Crippen molar-refractivity contribution in [2.45, 2.75) is 109 Å². The SMILES string of the molecule is CCCC1(CCC)OC(CC2=N[C@H](c3ccccc3)C(CCC)(CCC)O2)=N[C@@H]1c1ccccc1. The van der Waals surface area contributed by atoms with Crippen LogP contribution in [0.5, 0.6) is 0 Å². The van der Waals surface area contributed by atoms with Gasteiger partial charge in [0, 0.05) is 0 Å². The first-order valence-electron chi connectivity index (χ1n) is 13.7. The van der Waals surface area contributed by atoms with Crippen molar-refractivity contribution in [1.82, 2.24) is 0 Å². The quantitative estimate of drug-likeness (QED) is 0.310. The Morgan fingerprint density at radius 3 is 1.23 bits per heavy atom. The molecule has 4 nitrogen and oxygen atoms in total. The van der Waals surface area contributed by atoms with Gasteiger partial charge in [0.15, 0.2) is 11.8 Å². The standard InChI is InChI=1S/C31H42N2O2/c1-5-19-30(20-6-2)28(24-15-11-9-12-16-24)32-26(34-30)23-27-33-29(25-17-13-10-14-18-25)31(35-27,21-7-3)22-8-4/h9-18,28-29H,5-8,19-23H2,1-4H3/t28-,29-/m1/s1. The van der Waals surface area contributed by atoms with Crippen LogP contribution < -0.4 is 0 Å². The van der Waals surface area contributed by atoms with Crippen molar-refractivity contribution in [1.29, 1.82) is 0 Å². The second kappa shape index (κ2) is 11.4. The van der Waals surface area contributed by atoms with Gasteiger partial charge in [-0.25, -0.2) is 9.98 Å². The minimum Gasteiger partial charge on any atom is -0.471 e. The van der Waals surface area contributed by atoms with Crippen LogP contribution >= 0.6 is 0 Å². The normalized spacial score (nSPS) is 22.3. The highest BCUT2D eigenvalue weighted by Gasteiger charge is 2.49. The van der Waals surface area contributed by atoms with E-state index in [0.717, 1.165) is 63.2 Å². The lowest BCUT2D eigenvalue weighted by Gasteiger charge is -2.34. The van der Waals surface area contributed by atoms with E-state index in [1.165, 1.54) is 11.1 Å². The Balaban J connectivity index is 1.65. The lowest BCUT2D eigenvalue weighted by atomic mass is 9.82. The lowest BCUT2D eigenvalue weighted by molar-refractivity contribution is 0.0278. The summed E-state index contributed by atoms with van der Waals surface area (Å²) in [5.74, 6) is 1.55. The zero-order valence-corrected chi connectivity index (χ0v) is 22.0. The average molecular weight is 475 g/mol. The van der Waals surface area contributed by atoms with Gasteiger partial charge in [-0.15, -0.1) is 0 Å². The van der Waals surface area contributed by atoms with Crippen LogP contribution in [0.4, 0.5) is 0 Å². The van der Waals surface area contributed by atoms with E-state index in [4.69, 9.17) is 19.5 Å². The first-order chi connectivity index (χ1) is 17.1. The molecule has 0 aliphatic carbocycles. The van der Waals surface area contributed by atoms with Crippen molar-refractivity contribution in [2.75, 3.05) is 0 Å². The van der Waals surface area contributed by atoms with Gasteiger partial charge in [-0.05, 0) is 36.8 Å². The Kier molecular flexibility index (Phi) is 8.30. The number of hydrogen-bond acceptors (Lipinski definition) is 4. The fourth-order valence-corrected chi connectivity index (χ4v) is 6.17. The molecule has 2 heterocycles. The summed E-state index contributed by atoms with van der Waals surface area (Å²) in [5.41, 5.74) is 1.88. The van der Waals surface area contributed by atoms with Gasteiger partial charge in [0.1, 0.15) is 23.3 Å². The molecule has 2 aromatic carbocycles. The molecule has 35 heavy (non-hydrogen) atoms. The van der Waals surface area contributed by atoms with E-state index in [0.29, 0.717) is 6.42 Å². The van der Waals surface area contributed by atoms with E-state index in [9.17, 15) is 0 Å². The van der Waals surface area contributed by atoms with E-state index in [2.05, 4.69) is 88.4 Å². The van der Waals surface area contributed by atoms with Crippen molar-refractivity contribution >= 4 is 11.8 Å². The minimum atomic E-state index is -0.290. The lowest BCUT2D eigenvalue weighted by Crippen LogP contribution is -2.37. The van der Waals surface area contributed by atoms with Crippen LogP contribution in [-0.2, 0) is 9.47 Å². The summed E-state index contributed by atoms with van der Waals surface area (Å²) in [6.45, 7) is 8.94. The van der Waals surface area contributed by atoms with Crippen molar-refractivity contribution < 1.29 is 9.47 Å². The van der Waals surface area contributed by atoms with E-state index in [-0.39, 0.29) is 23.3 Å². The molecule has 0 fully saturated rings. The molecule has 0 saturated carbocycles. The fourth-order valence-electron chi connectivity index (χ4n) is 6.17. The molecule has 0 aromatic heterocycles. The molecular weight excluding hydrogens is 432 g/mol. The molecule has 2 aliphatic rings. The van der Waals surface area contributed by atoms with Gasteiger partial charge in [-0.3, -0.25) is 0 Å². The van der Waals surface area contributed by atoms with Gasteiger partial charge in [0.25, 0.3) is 0 Å². The van der Waals surface area contributed by atoms with Crippen molar-refractivity contribution in [3.63, 3.8) is 0 Å². The van der Waals surface area contributed by atoms with Crippen LogP contribution in [0.2, 0.25) is 0 Å². The van der Waals surface area contributed by atoms with E-state index in [1.54, 1.807) is 0 Å². The fraction of sp³-hybridized carbons (Fsp3) is 0.548. The summed E-state index contributed by atoms with van der Waals surface area (Å²) in [7, 11) is 0. The number of ether oxygens (including phenoxy) is 2. The van der Waals surface area contributed by atoms with Gasteiger partial charge in [0.2, 0.25) is 0 Å². The maximum Gasteiger partial charge on any atom is 0.194 e. The van der Waals surface area contributed by atoms with E-state index in [1.807, 2.05) is 0 Å². The molecule has 0 saturated heterocycles. The van der Waals surface area contributed by atoms with Crippen LogP contribution in [-0.4, -0.2) is 23.0 Å². The Bertz CT molecular complexity index is 906. The van der Waals surface area contributed by atoms with Crippen LogP contribution in [0.15, 0.2) is 70.6 Å². The summed E-state index contributed by atoms with van der Waals surface area (Å²) in [5, 5.41) is 0. The van der Waals surface area contributed by atoms with E-state index < -0.39 is 0 Å². The predicted molar refractivity (Wildman–Crippen MR) is 145 cm³/mol. The molecule has 4 heteroatoms. The third-order valence-electron chi connectivity index (χ3n) is 7.41. The van der Waals surface area contributed by atoms with Gasteiger partial charge in [-0.1, -0.05) is 114 Å². The molecule has 0 bridgehead atoms. The summed E-state index contributed by atoms with van der Waals surface area (Å²) >= 11 is 0. The second-order valence-electron chi connectivity index (χ2n) is 10.2. The molecule has 0 amide bonds. The number of hydrogen-bond donors (Lipinski definition) is 0. The highest BCUT2D eigenvalue weighted by molar-refractivity contribution is 5.99. The third-order valence-corrected chi connectivity index (χ3v) is 7.41. The second-order valence-corrected chi connectivity index (χ2v) is 10.2. The zero-order valence-electron chi connectivity index (χ0n) is 22.0. The highest BCUT2D eigenvalue weighted by Crippen LogP contribution is 2.47. The van der Waals surface area contributed by atoms with Gasteiger partial charge in [-0.2, -0.15) is 0 Å². The Morgan fingerprint density at radius 2 is 0.914 bits per heavy atom. The first kappa shape index (κ1) is 25.5. The molecule has 0 radical (unpaired) electrons. The van der Waals surface area contributed by atoms with Crippen molar-refractivity contribution in [3.05, 3.63) is 71.8 Å². The summed E-state index contributed by atoms with van der Waals surface area (Å²) < 4.78 is 13.6. The Hall–Kier alpha value is -2.62. The predicted octanol–water partition coefficient (Wildman–Crippen LogP) is 8.39. The molecule has 0 spiro atoms. The molecule has 2 atom stereocenters. The van der Waals surface area contributed by atoms with Crippen LogP contribution in [0.1, 0.15) is 109 Å². The molecule has 2 aliphatic heterocycles. The maximum atomic E-state index is 6.78. The molecule has 0 unspecified atom stereocenters. The number of aliphatic imine (C=N–C) groups is 2. The Labute approximate surface area is 211 Å². The summed E-state index contributed by atoms with van der Waals surface area (Å²) in [4.78, 5) is 10.4. The number of rotatable bonds is 12. The zero-order chi connectivity index (χ0) is 24.7. The summed E-state index contributed by atoms with van der Waals surface area (Å²) in [6, 6.07) is 21.3. The summed E-state index contributed by atoms with van der Waals surface area (Å²) in [6.07, 6.45) is 8.74. The third kappa shape index (κ3) is 5.32. The molecular formula is C31H42N2O2. The highest BCUT2D eigenvalue weighted by atomic mass is 16.5. The topological polar surface area (TPSA) is 43.2 Å². The van der Waals surface area contributed by atoms with Gasteiger partial charge < -0.3 is 9.47 Å². The van der Waals surface area contributed by atoms with Crippen LogP contribution in [0, 0.1) is 0 Å². The van der Waals surface area contributed by atoms with Crippen LogP contribution in [0.3, 0.4) is 0 Å². The Morgan fingerprint density at radius 1 is 0.571 bits per heavy atom. The maximum absolute atomic E-state index is 6.78. The van der Waals surface area contributed by atoms with Crippen LogP contribution in [0.25, 0.3) is 0 Å². The van der Waals surface area contributed by atoms with E-state index >= 15 is 0 Å². The van der Waals surface area contributed by atoms with Gasteiger partial charge >= 0.3 is 0 Å².